The fourth-order valence-corrected chi connectivity index (χ4v) is 1.50. The van der Waals surface area contributed by atoms with Gasteiger partial charge in [0.2, 0.25) is 0 Å². The van der Waals surface area contributed by atoms with Crippen LogP contribution in [0.1, 0.15) is 29.1 Å². The number of phenols is 1. The Hall–Kier alpha value is -2.23. The lowest BCUT2D eigenvalue weighted by Crippen LogP contribution is -2.26. The van der Waals surface area contributed by atoms with Gasteiger partial charge in [0.1, 0.15) is 11.5 Å². The first-order valence-electron chi connectivity index (χ1n) is 5.30. The third-order valence-electron chi connectivity index (χ3n) is 2.45. The lowest BCUT2D eigenvalue weighted by atomic mass is 10.2. The molecule has 1 amide bonds. The molecule has 1 heterocycles. The highest BCUT2D eigenvalue weighted by atomic mass is 16.3. The molecule has 0 fully saturated rings. The molecule has 4 nitrogen and oxygen atoms in total. The van der Waals surface area contributed by atoms with Crippen LogP contribution in [-0.4, -0.2) is 11.0 Å². The first-order chi connectivity index (χ1) is 8.16. The molecular weight excluding hydrogens is 218 g/mol. The van der Waals surface area contributed by atoms with E-state index in [1.807, 2.05) is 13.0 Å². The normalized spacial score (nSPS) is 12.1. The van der Waals surface area contributed by atoms with Gasteiger partial charge in [-0.25, -0.2) is 0 Å². The molecule has 2 N–H and O–H groups in total. The maximum absolute atomic E-state index is 11.8. The Morgan fingerprint density at radius 1 is 1.29 bits per heavy atom. The van der Waals surface area contributed by atoms with Gasteiger partial charge in [-0.2, -0.15) is 0 Å². The maximum Gasteiger partial charge on any atom is 0.251 e. The summed E-state index contributed by atoms with van der Waals surface area (Å²) in [7, 11) is 0. The average molecular weight is 231 g/mol. The monoisotopic (exact) mass is 231 g/mol. The Labute approximate surface area is 98.9 Å². The molecule has 1 atom stereocenters. The molecule has 1 unspecified atom stereocenters. The summed E-state index contributed by atoms with van der Waals surface area (Å²) >= 11 is 0. The molecule has 0 radical (unpaired) electrons. The molecule has 4 heteroatoms. The van der Waals surface area contributed by atoms with Crippen LogP contribution in [0, 0.1) is 0 Å². The zero-order chi connectivity index (χ0) is 12.3. The molecule has 0 spiro atoms. The van der Waals surface area contributed by atoms with Crippen molar-refractivity contribution in [1.82, 2.24) is 5.32 Å². The summed E-state index contributed by atoms with van der Waals surface area (Å²) in [6, 6.07) is 9.49. The molecule has 0 bridgehead atoms. The second-order valence-corrected chi connectivity index (χ2v) is 3.76. The van der Waals surface area contributed by atoms with Gasteiger partial charge in [-0.3, -0.25) is 4.79 Å². The number of phenolic OH excluding ortho intramolecular Hbond substituents is 1. The third-order valence-corrected chi connectivity index (χ3v) is 2.45. The maximum atomic E-state index is 11.8. The van der Waals surface area contributed by atoms with E-state index in [1.165, 1.54) is 12.1 Å². The number of hydrogen-bond donors (Lipinski definition) is 2. The predicted molar refractivity (Wildman–Crippen MR) is 62.7 cm³/mol. The molecule has 0 aliphatic heterocycles. The molecule has 0 aliphatic rings. The first-order valence-corrected chi connectivity index (χ1v) is 5.30. The van der Waals surface area contributed by atoms with E-state index in [1.54, 1.807) is 24.5 Å². The van der Waals surface area contributed by atoms with Crippen LogP contribution in [0.25, 0.3) is 0 Å². The molecule has 1 aromatic heterocycles. The van der Waals surface area contributed by atoms with Crippen LogP contribution in [0.5, 0.6) is 5.75 Å². The molecule has 0 saturated heterocycles. The van der Waals surface area contributed by atoms with E-state index in [9.17, 15) is 4.79 Å². The van der Waals surface area contributed by atoms with E-state index in [0.29, 0.717) is 11.3 Å². The van der Waals surface area contributed by atoms with Crippen molar-refractivity contribution in [3.63, 3.8) is 0 Å². The summed E-state index contributed by atoms with van der Waals surface area (Å²) in [5.41, 5.74) is 0.501. The number of amides is 1. The van der Waals surface area contributed by atoms with E-state index in [-0.39, 0.29) is 17.7 Å². The van der Waals surface area contributed by atoms with Gasteiger partial charge in [0.15, 0.2) is 0 Å². The standard InChI is InChI=1S/C13H13NO3/c1-9(12-3-2-8-17-12)14-13(16)10-4-6-11(15)7-5-10/h2-9,15H,1H3,(H,14,16). The molecule has 1 aromatic carbocycles. The van der Waals surface area contributed by atoms with E-state index in [0.717, 1.165) is 0 Å². The summed E-state index contributed by atoms with van der Waals surface area (Å²) in [5.74, 6) is 0.645. The minimum Gasteiger partial charge on any atom is -0.508 e. The fraction of sp³-hybridized carbons (Fsp3) is 0.154. The van der Waals surface area contributed by atoms with Gasteiger partial charge in [0.25, 0.3) is 5.91 Å². The van der Waals surface area contributed by atoms with Gasteiger partial charge in [-0.05, 0) is 43.3 Å². The summed E-state index contributed by atoms with van der Waals surface area (Å²) in [5, 5.41) is 11.9. The number of benzene rings is 1. The van der Waals surface area contributed by atoms with Gasteiger partial charge in [-0.1, -0.05) is 0 Å². The lowest BCUT2D eigenvalue weighted by Gasteiger charge is -2.11. The van der Waals surface area contributed by atoms with Crippen LogP contribution in [0.4, 0.5) is 0 Å². The van der Waals surface area contributed by atoms with Crippen molar-refractivity contribution in [3.05, 3.63) is 54.0 Å². The van der Waals surface area contributed by atoms with Gasteiger partial charge in [0.05, 0.1) is 12.3 Å². The molecule has 2 aromatic rings. The van der Waals surface area contributed by atoms with Gasteiger partial charge in [-0.15, -0.1) is 0 Å². The van der Waals surface area contributed by atoms with Crippen LogP contribution in [0.15, 0.2) is 47.1 Å². The number of aromatic hydroxyl groups is 1. The smallest absolute Gasteiger partial charge is 0.251 e. The Balaban J connectivity index is 2.04. The minimum atomic E-state index is -0.200. The molecular formula is C13H13NO3. The van der Waals surface area contributed by atoms with Crippen LogP contribution in [-0.2, 0) is 0 Å². The molecule has 88 valence electrons. The van der Waals surface area contributed by atoms with Crippen molar-refractivity contribution < 1.29 is 14.3 Å². The van der Waals surface area contributed by atoms with Crippen LogP contribution in [0.3, 0.4) is 0 Å². The quantitative estimate of drug-likeness (QED) is 0.853. The lowest BCUT2D eigenvalue weighted by molar-refractivity contribution is 0.0935. The number of carbonyl (C=O) groups is 1. The Morgan fingerprint density at radius 3 is 2.59 bits per heavy atom. The van der Waals surface area contributed by atoms with Crippen LogP contribution < -0.4 is 5.32 Å². The second-order valence-electron chi connectivity index (χ2n) is 3.76. The average Bonchev–Trinajstić information content (AvgIpc) is 2.83. The summed E-state index contributed by atoms with van der Waals surface area (Å²) in [4.78, 5) is 11.8. The summed E-state index contributed by atoms with van der Waals surface area (Å²) in [6.45, 7) is 1.84. The first kappa shape index (κ1) is 11.3. The van der Waals surface area contributed by atoms with Crippen molar-refractivity contribution in [2.45, 2.75) is 13.0 Å². The summed E-state index contributed by atoms with van der Waals surface area (Å²) < 4.78 is 5.20. The van der Waals surface area contributed by atoms with Crippen molar-refractivity contribution in [2.75, 3.05) is 0 Å². The van der Waals surface area contributed by atoms with E-state index in [2.05, 4.69) is 5.32 Å². The van der Waals surface area contributed by atoms with Gasteiger partial charge < -0.3 is 14.8 Å². The van der Waals surface area contributed by atoms with Gasteiger partial charge in [0, 0.05) is 5.56 Å². The number of nitrogens with one attached hydrogen (secondary N) is 1. The zero-order valence-electron chi connectivity index (χ0n) is 9.38. The minimum absolute atomic E-state index is 0.139. The Bertz CT molecular complexity index is 488. The number of hydrogen-bond acceptors (Lipinski definition) is 3. The van der Waals surface area contributed by atoms with Crippen molar-refractivity contribution in [2.24, 2.45) is 0 Å². The molecule has 17 heavy (non-hydrogen) atoms. The summed E-state index contributed by atoms with van der Waals surface area (Å²) in [6.07, 6.45) is 1.57. The Kier molecular flexibility index (Phi) is 3.14. The zero-order valence-corrected chi connectivity index (χ0v) is 9.38. The van der Waals surface area contributed by atoms with E-state index in [4.69, 9.17) is 9.52 Å². The highest BCUT2D eigenvalue weighted by Gasteiger charge is 2.12. The second kappa shape index (κ2) is 4.74. The van der Waals surface area contributed by atoms with Crippen molar-refractivity contribution in [1.29, 1.82) is 0 Å². The molecule has 2 rings (SSSR count). The van der Waals surface area contributed by atoms with E-state index < -0.39 is 0 Å². The van der Waals surface area contributed by atoms with Crippen molar-refractivity contribution >= 4 is 5.91 Å². The third kappa shape index (κ3) is 2.66. The van der Waals surface area contributed by atoms with Gasteiger partial charge >= 0.3 is 0 Å². The predicted octanol–water partition coefficient (Wildman–Crippen LogP) is 2.48. The van der Waals surface area contributed by atoms with Crippen LogP contribution in [0.2, 0.25) is 0 Å². The SMILES string of the molecule is CC(NC(=O)c1ccc(O)cc1)c1ccco1. The number of furan rings is 1. The van der Waals surface area contributed by atoms with Crippen molar-refractivity contribution in [3.8, 4) is 5.75 Å². The number of carbonyl (C=O) groups excluding carboxylic acids is 1. The largest absolute Gasteiger partial charge is 0.508 e. The highest BCUT2D eigenvalue weighted by molar-refractivity contribution is 5.94. The van der Waals surface area contributed by atoms with Crippen LogP contribution >= 0.6 is 0 Å². The van der Waals surface area contributed by atoms with E-state index >= 15 is 0 Å². The fourth-order valence-electron chi connectivity index (χ4n) is 1.50. The topological polar surface area (TPSA) is 62.5 Å². The molecule has 0 aliphatic carbocycles. The highest BCUT2D eigenvalue weighted by Crippen LogP contribution is 2.14. The Morgan fingerprint density at radius 2 is 2.00 bits per heavy atom. The molecule has 0 saturated carbocycles. The number of rotatable bonds is 3.